The topological polar surface area (TPSA) is 152 Å². The van der Waals surface area contributed by atoms with Gasteiger partial charge < -0.3 is 27.9 Å². The third kappa shape index (κ3) is 3.17. The van der Waals surface area contributed by atoms with Crippen LogP contribution in [0.3, 0.4) is 0 Å². The molecule has 0 bridgehead atoms. The fraction of sp³-hybridized carbons (Fsp3) is 0.200. The zero-order valence-electron chi connectivity index (χ0n) is 10.0. The van der Waals surface area contributed by atoms with Crippen LogP contribution in [0, 0.1) is 5.41 Å². The summed E-state index contributed by atoms with van der Waals surface area (Å²) in [7, 11) is 0. The highest BCUT2D eigenvalue weighted by atomic mass is 15.1. The van der Waals surface area contributed by atoms with E-state index in [2.05, 4.69) is 20.3 Å². The Kier molecular flexibility index (Phi) is 4.61. The quantitative estimate of drug-likeness (QED) is 0.460. The number of hydrogen-bond acceptors (Lipinski definition) is 8. The molecular formula is C10H16N8. The normalized spacial score (nSPS) is 11.7. The molecule has 1 aromatic rings. The Morgan fingerprint density at radius 3 is 2.44 bits per heavy atom. The maximum Gasteiger partial charge on any atom is 0.231 e. The summed E-state index contributed by atoms with van der Waals surface area (Å²) in [6, 6.07) is 0. The molecule has 0 radical (unpaired) electrons. The number of hydrogen-bond donors (Lipinski definition) is 5. The second-order valence-electron chi connectivity index (χ2n) is 3.25. The highest BCUT2D eigenvalue weighted by Gasteiger charge is 2.08. The highest BCUT2D eigenvalue weighted by Crippen LogP contribution is 2.16. The van der Waals surface area contributed by atoms with Crippen molar-refractivity contribution in [2.24, 2.45) is 10.7 Å². The molecule has 0 saturated heterocycles. The average Bonchev–Trinajstić information content (AvgIpc) is 2.34. The smallest absolute Gasteiger partial charge is 0.231 e. The molecule has 1 heterocycles. The Balaban J connectivity index is 2.98. The minimum atomic E-state index is 0.129. The number of nitrogen functional groups attached to an aromatic ring is 2. The summed E-state index contributed by atoms with van der Waals surface area (Å²) in [4.78, 5) is 12.0. The molecule has 0 aromatic carbocycles. The molecule has 96 valence electrons. The fourth-order valence-corrected chi connectivity index (χ4v) is 1.14. The molecule has 0 aliphatic carbocycles. The molecule has 18 heavy (non-hydrogen) atoms. The van der Waals surface area contributed by atoms with Gasteiger partial charge in [0.15, 0.2) is 0 Å². The van der Waals surface area contributed by atoms with Crippen LogP contribution < -0.4 is 22.5 Å². The van der Waals surface area contributed by atoms with Gasteiger partial charge in [-0.15, -0.1) is 0 Å². The van der Waals surface area contributed by atoms with E-state index >= 15 is 0 Å². The summed E-state index contributed by atoms with van der Waals surface area (Å²) in [5, 5.41) is 9.95. The first-order chi connectivity index (χ1) is 8.62. The van der Waals surface area contributed by atoms with Crippen LogP contribution >= 0.6 is 0 Å². The van der Waals surface area contributed by atoms with E-state index in [-0.39, 0.29) is 17.6 Å². The van der Waals surface area contributed by atoms with Gasteiger partial charge in [0.1, 0.15) is 11.6 Å². The number of aromatic nitrogens is 2. The first-order valence-electron chi connectivity index (χ1n) is 5.24. The lowest BCUT2D eigenvalue weighted by Gasteiger charge is -2.08. The summed E-state index contributed by atoms with van der Waals surface area (Å²) in [6.07, 6.45) is 3.90. The molecule has 0 aliphatic rings. The van der Waals surface area contributed by atoms with Crippen molar-refractivity contribution < 1.29 is 0 Å². The van der Waals surface area contributed by atoms with Crippen LogP contribution in [0.5, 0.6) is 0 Å². The predicted molar refractivity (Wildman–Crippen MR) is 73.7 cm³/mol. The molecule has 0 atom stereocenters. The van der Waals surface area contributed by atoms with Gasteiger partial charge in [0.2, 0.25) is 5.95 Å². The lowest BCUT2D eigenvalue weighted by atomic mass is 10.3. The van der Waals surface area contributed by atoms with E-state index in [0.717, 1.165) is 6.21 Å². The molecular weight excluding hydrogens is 232 g/mol. The number of nitrogens with zero attached hydrogens (tertiary/aromatic N) is 3. The van der Waals surface area contributed by atoms with Crippen LogP contribution in [0.1, 0.15) is 12.5 Å². The van der Waals surface area contributed by atoms with Gasteiger partial charge in [-0.25, -0.2) is 0 Å². The Bertz CT molecular complexity index is 468. The summed E-state index contributed by atoms with van der Waals surface area (Å²) >= 11 is 0. The number of rotatable bonds is 5. The molecule has 0 saturated carbocycles. The van der Waals surface area contributed by atoms with Crippen molar-refractivity contribution in [2.45, 2.75) is 6.92 Å². The van der Waals surface area contributed by atoms with Gasteiger partial charge in [-0.05, 0) is 6.92 Å². The lowest BCUT2D eigenvalue weighted by Crippen LogP contribution is -2.12. The van der Waals surface area contributed by atoms with Gasteiger partial charge in [-0.2, -0.15) is 9.97 Å². The molecule has 8 heteroatoms. The standard InChI is InChI=1S/C10H16N8/c1-2-15-5-6(3-11)16-10-17-8(13)7(4-12)9(14)18-10/h3-5,12H,2,11H2,1H3,(H5,13,14,16,17,18). The maximum atomic E-state index is 7.13. The van der Waals surface area contributed by atoms with Crippen molar-refractivity contribution >= 4 is 30.0 Å². The zero-order valence-corrected chi connectivity index (χ0v) is 10.0. The van der Waals surface area contributed by atoms with Gasteiger partial charge in [-0.1, -0.05) is 0 Å². The highest BCUT2D eigenvalue weighted by molar-refractivity contribution is 5.90. The van der Waals surface area contributed by atoms with E-state index in [4.69, 9.17) is 22.6 Å². The number of aliphatic imine (C=N–C) groups is 1. The van der Waals surface area contributed by atoms with Crippen molar-refractivity contribution in [3.63, 3.8) is 0 Å². The van der Waals surface area contributed by atoms with Gasteiger partial charge in [0.05, 0.1) is 11.3 Å². The average molecular weight is 248 g/mol. The second kappa shape index (κ2) is 6.18. The Hall–Kier alpha value is -2.64. The van der Waals surface area contributed by atoms with E-state index in [1.165, 1.54) is 6.20 Å². The van der Waals surface area contributed by atoms with E-state index in [9.17, 15) is 0 Å². The van der Waals surface area contributed by atoms with Crippen molar-refractivity contribution in [3.05, 3.63) is 17.5 Å². The van der Waals surface area contributed by atoms with Crippen molar-refractivity contribution in [1.29, 1.82) is 5.41 Å². The van der Waals surface area contributed by atoms with Crippen LogP contribution in [0.15, 0.2) is 16.9 Å². The SMILES string of the molecule is CCN=CC(=CN)Nc1nc(N)c(C=N)c(N)n1. The zero-order chi connectivity index (χ0) is 13.5. The van der Waals surface area contributed by atoms with Gasteiger partial charge in [0, 0.05) is 25.2 Å². The van der Waals surface area contributed by atoms with Crippen LogP contribution in [0.2, 0.25) is 0 Å². The molecule has 0 spiro atoms. The van der Waals surface area contributed by atoms with Crippen LogP contribution in [0.25, 0.3) is 0 Å². The second-order valence-corrected chi connectivity index (χ2v) is 3.25. The van der Waals surface area contributed by atoms with E-state index in [1.54, 1.807) is 6.21 Å². The number of anilines is 3. The Morgan fingerprint density at radius 2 is 2.00 bits per heavy atom. The van der Waals surface area contributed by atoms with Crippen LogP contribution in [-0.4, -0.2) is 28.9 Å². The lowest BCUT2D eigenvalue weighted by molar-refractivity contribution is 1.13. The van der Waals surface area contributed by atoms with E-state index < -0.39 is 0 Å². The first-order valence-corrected chi connectivity index (χ1v) is 5.24. The minimum Gasteiger partial charge on any atom is -0.403 e. The molecule has 0 unspecified atom stereocenters. The van der Waals surface area contributed by atoms with Crippen molar-refractivity contribution in [3.8, 4) is 0 Å². The Morgan fingerprint density at radius 1 is 1.39 bits per heavy atom. The molecule has 0 fully saturated rings. The fourth-order valence-electron chi connectivity index (χ4n) is 1.14. The number of nitrogens with one attached hydrogen (secondary N) is 2. The third-order valence-corrected chi connectivity index (χ3v) is 2.00. The Labute approximate surface area is 105 Å². The minimum absolute atomic E-state index is 0.129. The van der Waals surface area contributed by atoms with Crippen molar-refractivity contribution in [2.75, 3.05) is 23.3 Å². The van der Waals surface area contributed by atoms with E-state index in [1.807, 2.05) is 6.92 Å². The maximum absolute atomic E-state index is 7.13. The monoisotopic (exact) mass is 248 g/mol. The van der Waals surface area contributed by atoms with Gasteiger partial charge in [0.25, 0.3) is 0 Å². The predicted octanol–water partition coefficient (Wildman–Crippen LogP) is -0.0586. The molecule has 1 rings (SSSR count). The summed E-state index contributed by atoms with van der Waals surface area (Å²) < 4.78 is 0. The van der Waals surface area contributed by atoms with Crippen molar-refractivity contribution in [1.82, 2.24) is 9.97 Å². The number of allylic oxidation sites excluding steroid dienone is 1. The molecule has 0 aliphatic heterocycles. The molecule has 0 amide bonds. The summed E-state index contributed by atoms with van der Waals surface area (Å²) in [5.41, 5.74) is 17.5. The van der Waals surface area contributed by atoms with Crippen LogP contribution in [-0.2, 0) is 0 Å². The molecule has 8 nitrogen and oxygen atoms in total. The molecule has 8 N–H and O–H groups in total. The largest absolute Gasteiger partial charge is 0.403 e. The number of nitrogens with two attached hydrogens (primary N) is 3. The first kappa shape index (κ1) is 13.4. The van der Waals surface area contributed by atoms with E-state index in [0.29, 0.717) is 17.8 Å². The third-order valence-electron chi connectivity index (χ3n) is 2.00. The van der Waals surface area contributed by atoms with Gasteiger partial charge >= 0.3 is 0 Å². The molecule has 1 aromatic heterocycles. The summed E-state index contributed by atoms with van der Waals surface area (Å²) in [6.45, 7) is 2.53. The van der Waals surface area contributed by atoms with Crippen LogP contribution in [0.4, 0.5) is 17.6 Å². The summed E-state index contributed by atoms with van der Waals surface area (Å²) in [5.74, 6) is 0.461. The van der Waals surface area contributed by atoms with Gasteiger partial charge in [-0.3, -0.25) is 4.99 Å².